The lowest BCUT2D eigenvalue weighted by atomic mass is 10.1. The van der Waals surface area contributed by atoms with Crippen LogP contribution in [0.2, 0.25) is 0 Å². The third-order valence-electron chi connectivity index (χ3n) is 1.66. The van der Waals surface area contributed by atoms with Gasteiger partial charge in [-0.15, -0.1) is 0 Å². The van der Waals surface area contributed by atoms with Crippen molar-refractivity contribution in [3.05, 3.63) is 0 Å². The van der Waals surface area contributed by atoms with Crippen LogP contribution in [-0.4, -0.2) is 12.1 Å². The first kappa shape index (κ1) is 11.5. The van der Waals surface area contributed by atoms with E-state index in [1.807, 2.05) is 0 Å². The first-order valence-corrected chi connectivity index (χ1v) is 4.81. The topological polar surface area (TPSA) is 26.3 Å². The minimum Gasteiger partial charge on any atom is -0.462 e. The Hall–Kier alpha value is -0.530. The lowest BCUT2D eigenvalue weighted by Crippen LogP contribution is -2.13. The molecule has 1 aliphatic heterocycles. The molecule has 1 saturated heterocycles. The average Bonchev–Trinajstić information content (AvgIpc) is 2.37. The van der Waals surface area contributed by atoms with Gasteiger partial charge in [0.15, 0.2) is 0 Å². The van der Waals surface area contributed by atoms with E-state index in [0.717, 1.165) is 6.42 Å². The molecule has 0 spiro atoms. The van der Waals surface area contributed by atoms with E-state index in [4.69, 9.17) is 4.74 Å². The predicted molar refractivity (Wildman–Crippen MR) is 49.9 cm³/mol. The van der Waals surface area contributed by atoms with Gasteiger partial charge in [0.1, 0.15) is 6.10 Å². The largest absolute Gasteiger partial charge is 0.462 e. The highest BCUT2D eigenvalue weighted by atomic mass is 16.5. The SMILES string of the molecule is CC(C)C1CCC(=O)O1.CCC. The van der Waals surface area contributed by atoms with Crippen LogP contribution in [0.1, 0.15) is 47.0 Å². The molecule has 1 heterocycles. The summed E-state index contributed by atoms with van der Waals surface area (Å²) in [5.41, 5.74) is 0. The molecule has 0 amide bonds. The van der Waals surface area contributed by atoms with Crippen LogP contribution in [0.4, 0.5) is 0 Å². The summed E-state index contributed by atoms with van der Waals surface area (Å²) in [6, 6.07) is 0. The molecule has 0 saturated carbocycles. The fourth-order valence-electron chi connectivity index (χ4n) is 1.02. The van der Waals surface area contributed by atoms with Gasteiger partial charge in [-0.1, -0.05) is 34.1 Å². The maximum atomic E-state index is 10.5. The summed E-state index contributed by atoms with van der Waals surface area (Å²) < 4.78 is 4.98. The van der Waals surface area contributed by atoms with Crippen molar-refractivity contribution in [2.45, 2.75) is 53.1 Å². The maximum Gasteiger partial charge on any atom is 0.306 e. The number of hydrogen-bond acceptors (Lipinski definition) is 2. The van der Waals surface area contributed by atoms with Crippen molar-refractivity contribution in [3.63, 3.8) is 0 Å². The van der Waals surface area contributed by atoms with E-state index >= 15 is 0 Å². The Balaban J connectivity index is 0.000000354. The van der Waals surface area contributed by atoms with Crippen LogP contribution < -0.4 is 0 Å². The molecule has 0 aromatic heterocycles. The molecule has 1 atom stereocenters. The van der Waals surface area contributed by atoms with Gasteiger partial charge >= 0.3 is 5.97 Å². The first-order chi connectivity index (χ1) is 5.61. The van der Waals surface area contributed by atoms with Crippen LogP contribution in [0, 0.1) is 5.92 Å². The third kappa shape index (κ3) is 4.37. The van der Waals surface area contributed by atoms with Gasteiger partial charge in [-0.25, -0.2) is 0 Å². The standard InChI is InChI=1S/C7H12O2.C3H8/c1-5(2)6-3-4-7(8)9-6;1-3-2/h5-6H,3-4H2,1-2H3;3H2,1-2H3. The highest BCUT2D eigenvalue weighted by Crippen LogP contribution is 2.20. The molecular formula is C10H20O2. The molecule has 0 N–H and O–H groups in total. The van der Waals surface area contributed by atoms with E-state index in [-0.39, 0.29) is 12.1 Å². The van der Waals surface area contributed by atoms with Crippen molar-refractivity contribution in [3.8, 4) is 0 Å². The summed E-state index contributed by atoms with van der Waals surface area (Å²) in [5.74, 6) is 0.449. The van der Waals surface area contributed by atoms with E-state index in [9.17, 15) is 4.79 Å². The lowest BCUT2D eigenvalue weighted by molar-refractivity contribution is -0.142. The molecule has 0 bridgehead atoms. The van der Waals surface area contributed by atoms with Crippen molar-refractivity contribution < 1.29 is 9.53 Å². The normalized spacial score (nSPS) is 21.8. The van der Waals surface area contributed by atoms with E-state index < -0.39 is 0 Å². The molecular weight excluding hydrogens is 152 g/mol. The van der Waals surface area contributed by atoms with Gasteiger partial charge in [-0.05, 0) is 12.3 Å². The smallest absolute Gasteiger partial charge is 0.306 e. The van der Waals surface area contributed by atoms with Crippen molar-refractivity contribution in [1.82, 2.24) is 0 Å². The quantitative estimate of drug-likeness (QED) is 0.568. The molecule has 1 rings (SSSR count). The fourth-order valence-corrected chi connectivity index (χ4v) is 1.02. The van der Waals surface area contributed by atoms with Gasteiger partial charge < -0.3 is 4.74 Å². The van der Waals surface area contributed by atoms with E-state index in [0.29, 0.717) is 12.3 Å². The van der Waals surface area contributed by atoms with Crippen LogP contribution in [0.15, 0.2) is 0 Å². The lowest BCUT2D eigenvalue weighted by Gasteiger charge is -2.11. The summed E-state index contributed by atoms with van der Waals surface area (Å²) in [6.45, 7) is 8.40. The van der Waals surface area contributed by atoms with Crippen LogP contribution in [0.25, 0.3) is 0 Å². The van der Waals surface area contributed by atoms with Crippen LogP contribution in [0.3, 0.4) is 0 Å². The molecule has 0 aliphatic carbocycles. The van der Waals surface area contributed by atoms with Gasteiger partial charge in [-0.3, -0.25) is 4.79 Å². The number of carbonyl (C=O) groups excluding carboxylic acids is 1. The molecule has 2 heteroatoms. The Bertz CT molecular complexity index is 130. The Morgan fingerprint density at radius 2 is 2.00 bits per heavy atom. The second-order valence-electron chi connectivity index (χ2n) is 3.52. The number of ether oxygens (including phenoxy) is 1. The van der Waals surface area contributed by atoms with E-state index in [2.05, 4.69) is 27.7 Å². The molecule has 2 nitrogen and oxygen atoms in total. The first-order valence-electron chi connectivity index (χ1n) is 4.81. The minimum absolute atomic E-state index is 0.0336. The molecule has 0 aromatic carbocycles. The number of rotatable bonds is 1. The summed E-state index contributed by atoms with van der Waals surface area (Å²) in [5, 5.41) is 0. The van der Waals surface area contributed by atoms with Gasteiger partial charge in [0.25, 0.3) is 0 Å². The second kappa shape index (κ2) is 6.04. The zero-order chi connectivity index (χ0) is 9.56. The monoisotopic (exact) mass is 172 g/mol. The fraction of sp³-hybridized carbons (Fsp3) is 0.900. The van der Waals surface area contributed by atoms with Crippen molar-refractivity contribution in [2.75, 3.05) is 0 Å². The molecule has 1 unspecified atom stereocenters. The van der Waals surface area contributed by atoms with Crippen molar-refractivity contribution in [1.29, 1.82) is 0 Å². The van der Waals surface area contributed by atoms with Crippen molar-refractivity contribution >= 4 is 5.97 Å². The number of hydrogen-bond donors (Lipinski definition) is 0. The van der Waals surface area contributed by atoms with Gasteiger partial charge in [-0.2, -0.15) is 0 Å². The van der Waals surface area contributed by atoms with Crippen LogP contribution >= 0.6 is 0 Å². The molecule has 12 heavy (non-hydrogen) atoms. The van der Waals surface area contributed by atoms with E-state index in [1.54, 1.807) is 0 Å². The summed E-state index contributed by atoms with van der Waals surface area (Å²) >= 11 is 0. The van der Waals surface area contributed by atoms with Crippen molar-refractivity contribution in [2.24, 2.45) is 5.92 Å². The molecule has 72 valence electrons. The summed E-state index contributed by atoms with van der Waals surface area (Å²) in [6.07, 6.45) is 2.97. The number of cyclic esters (lactones) is 1. The number of carbonyl (C=O) groups is 1. The van der Waals surface area contributed by atoms with Gasteiger partial charge in [0, 0.05) is 6.42 Å². The zero-order valence-electron chi connectivity index (χ0n) is 8.59. The third-order valence-corrected chi connectivity index (χ3v) is 1.66. The van der Waals surface area contributed by atoms with Crippen LogP contribution in [0.5, 0.6) is 0 Å². The Morgan fingerprint density at radius 3 is 2.17 bits per heavy atom. The molecule has 0 aromatic rings. The molecule has 1 fully saturated rings. The Labute approximate surface area is 75.3 Å². The van der Waals surface area contributed by atoms with E-state index in [1.165, 1.54) is 6.42 Å². The summed E-state index contributed by atoms with van der Waals surface area (Å²) in [7, 11) is 0. The maximum absolute atomic E-state index is 10.5. The highest BCUT2D eigenvalue weighted by Gasteiger charge is 2.25. The molecule has 0 radical (unpaired) electrons. The average molecular weight is 172 g/mol. The Morgan fingerprint density at radius 1 is 1.50 bits per heavy atom. The van der Waals surface area contributed by atoms with Crippen LogP contribution in [-0.2, 0) is 9.53 Å². The highest BCUT2D eigenvalue weighted by molar-refractivity contribution is 5.71. The minimum atomic E-state index is -0.0336. The predicted octanol–water partition coefficient (Wildman–Crippen LogP) is 2.76. The van der Waals surface area contributed by atoms with Gasteiger partial charge in [0.05, 0.1) is 0 Å². The number of esters is 1. The summed E-state index contributed by atoms with van der Waals surface area (Å²) in [4.78, 5) is 10.5. The Kier molecular flexibility index (Phi) is 5.77. The van der Waals surface area contributed by atoms with Gasteiger partial charge in [0.2, 0.25) is 0 Å². The zero-order valence-corrected chi connectivity index (χ0v) is 8.59. The second-order valence-corrected chi connectivity index (χ2v) is 3.52. The molecule has 1 aliphatic rings.